The van der Waals surface area contributed by atoms with Gasteiger partial charge < -0.3 is 24.0 Å². The molecule has 0 aromatic heterocycles. The summed E-state index contributed by atoms with van der Waals surface area (Å²) in [6.07, 6.45) is 1.25. The summed E-state index contributed by atoms with van der Waals surface area (Å²) in [4.78, 5) is 30.0. The molecule has 2 aliphatic rings. The van der Waals surface area contributed by atoms with Crippen LogP contribution in [0.1, 0.15) is 18.4 Å². The molecule has 4 rings (SSSR count). The Labute approximate surface area is 188 Å². The molecule has 170 valence electrons. The maximum Gasteiger partial charge on any atom is 0.245 e. The minimum absolute atomic E-state index is 0.00902. The number of amides is 2. The molecule has 0 unspecified atom stereocenters. The second kappa shape index (κ2) is 10.5. The molecule has 2 atom stereocenters. The van der Waals surface area contributed by atoms with Gasteiger partial charge in [0, 0.05) is 25.9 Å². The van der Waals surface area contributed by atoms with E-state index in [0.717, 1.165) is 17.1 Å². The first-order valence-electron chi connectivity index (χ1n) is 11.1. The number of benzene rings is 2. The molecule has 0 bridgehead atoms. The van der Waals surface area contributed by atoms with Crippen molar-refractivity contribution in [2.75, 3.05) is 40.0 Å². The standard InChI is InChI=1S/C25H30N2O5/c1-30-20-10-7-19(8-11-20)9-12-24(28)27-18-22(32-21-5-3-2-4-6-21)17-23(27)25(29)26-13-15-31-16-14-26/h2-8,10-11,22-23H,9,12-18H2,1H3/t22-,23+/m0/s1. The fourth-order valence-electron chi connectivity index (χ4n) is 4.27. The van der Waals surface area contributed by atoms with E-state index in [4.69, 9.17) is 14.2 Å². The minimum Gasteiger partial charge on any atom is -0.497 e. The molecule has 2 amide bonds. The molecule has 2 saturated heterocycles. The van der Waals surface area contributed by atoms with Gasteiger partial charge in [0.25, 0.3) is 0 Å². The van der Waals surface area contributed by atoms with Gasteiger partial charge in [0.05, 0.1) is 26.9 Å². The average Bonchev–Trinajstić information content (AvgIpc) is 3.27. The maximum absolute atomic E-state index is 13.3. The lowest BCUT2D eigenvalue weighted by Gasteiger charge is -2.32. The average molecular weight is 439 g/mol. The zero-order valence-electron chi connectivity index (χ0n) is 18.4. The largest absolute Gasteiger partial charge is 0.497 e. The highest BCUT2D eigenvalue weighted by Crippen LogP contribution is 2.26. The second-order valence-corrected chi connectivity index (χ2v) is 8.14. The molecule has 0 saturated carbocycles. The zero-order valence-corrected chi connectivity index (χ0v) is 18.4. The van der Waals surface area contributed by atoms with Gasteiger partial charge in [0.1, 0.15) is 23.6 Å². The third-order valence-corrected chi connectivity index (χ3v) is 6.02. The van der Waals surface area contributed by atoms with Gasteiger partial charge in [-0.15, -0.1) is 0 Å². The fourth-order valence-corrected chi connectivity index (χ4v) is 4.27. The summed E-state index contributed by atoms with van der Waals surface area (Å²) in [6.45, 7) is 2.61. The number of morpholine rings is 1. The molecule has 2 fully saturated rings. The topological polar surface area (TPSA) is 68.3 Å². The third-order valence-electron chi connectivity index (χ3n) is 6.02. The molecule has 0 radical (unpaired) electrons. The molecule has 32 heavy (non-hydrogen) atoms. The molecule has 7 heteroatoms. The Morgan fingerprint density at radius 2 is 1.72 bits per heavy atom. The number of aryl methyl sites for hydroxylation is 1. The van der Waals surface area contributed by atoms with Crippen molar-refractivity contribution in [1.82, 2.24) is 9.80 Å². The van der Waals surface area contributed by atoms with Crippen molar-refractivity contribution < 1.29 is 23.8 Å². The number of ether oxygens (including phenoxy) is 3. The van der Waals surface area contributed by atoms with Crippen molar-refractivity contribution in [2.24, 2.45) is 0 Å². The smallest absolute Gasteiger partial charge is 0.245 e. The first-order valence-corrected chi connectivity index (χ1v) is 11.1. The summed E-state index contributed by atoms with van der Waals surface area (Å²) in [5.41, 5.74) is 1.06. The highest BCUT2D eigenvalue weighted by atomic mass is 16.5. The van der Waals surface area contributed by atoms with Crippen LogP contribution in [0.5, 0.6) is 11.5 Å². The molecule has 0 N–H and O–H groups in total. The molecule has 2 aromatic rings. The molecular formula is C25H30N2O5. The van der Waals surface area contributed by atoms with E-state index < -0.39 is 6.04 Å². The van der Waals surface area contributed by atoms with Gasteiger partial charge >= 0.3 is 0 Å². The number of methoxy groups -OCH3 is 1. The van der Waals surface area contributed by atoms with Gasteiger partial charge in [-0.3, -0.25) is 9.59 Å². The predicted molar refractivity (Wildman–Crippen MR) is 120 cm³/mol. The Morgan fingerprint density at radius 1 is 1.00 bits per heavy atom. The zero-order chi connectivity index (χ0) is 22.3. The third kappa shape index (κ3) is 5.40. The van der Waals surface area contributed by atoms with Crippen LogP contribution in [0, 0.1) is 0 Å². The summed E-state index contributed by atoms with van der Waals surface area (Å²) in [6, 6.07) is 16.8. The van der Waals surface area contributed by atoms with Crippen molar-refractivity contribution in [3.8, 4) is 11.5 Å². The van der Waals surface area contributed by atoms with Gasteiger partial charge in [0.15, 0.2) is 0 Å². The molecule has 2 aromatic carbocycles. The summed E-state index contributed by atoms with van der Waals surface area (Å²) in [7, 11) is 1.63. The number of hydrogen-bond donors (Lipinski definition) is 0. The van der Waals surface area contributed by atoms with Crippen molar-refractivity contribution >= 4 is 11.8 Å². The highest BCUT2D eigenvalue weighted by molar-refractivity contribution is 5.88. The molecular weight excluding hydrogens is 408 g/mol. The Kier molecular flexibility index (Phi) is 7.27. The van der Waals surface area contributed by atoms with Crippen molar-refractivity contribution in [3.05, 3.63) is 60.2 Å². The molecule has 7 nitrogen and oxygen atoms in total. The lowest BCUT2D eigenvalue weighted by molar-refractivity contribution is -0.146. The van der Waals surface area contributed by atoms with Crippen LogP contribution in [0.2, 0.25) is 0 Å². The summed E-state index contributed by atoms with van der Waals surface area (Å²) in [5.74, 6) is 1.51. The summed E-state index contributed by atoms with van der Waals surface area (Å²) < 4.78 is 16.7. The fraction of sp³-hybridized carbons (Fsp3) is 0.440. The van der Waals surface area contributed by atoms with Crippen LogP contribution in [0.15, 0.2) is 54.6 Å². The van der Waals surface area contributed by atoms with Crippen LogP contribution >= 0.6 is 0 Å². The molecule has 0 aliphatic carbocycles. The number of rotatable bonds is 7. The van der Waals surface area contributed by atoms with Crippen molar-refractivity contribution in [1.29, 1.82) is 0 Å². The SMILES string of the molecule is COc1ccc(CCC(=O)N2C[C@@H](Oc3ccccc3)C[C@@H]2C(=O)N2CCOCC2)cc1. The lowest BCUT2D eigenvalue weighted by atomic mass is 10.1. The lowest BCUT2D eigenvalue weighted by Crippen LogP contribution is -2.51. The monoisotopic (exact) mass is 438 g/mol. The van der Waals surface area contributed by atoms with Crippen LogP contribution < -0.4 is 9.47 Å². The van der Waals surface area contributed by atoms with Crippen LogP contribution in [0.3, 0.4) is 0 Å². The summed E-state index contributed by atoms with van der Waals surface area (Å²) in [5, 5.41) is 0. The Morgan fingerprint density at radius 3 is 2.41 bits per heavy atom. The molecule has 2 aliphatic heterocycles. The first kappa shape index (κ1) is 22.1. The Balaban J connectivity index is 1.43. The van der Waals surface area contributed by atoms with Crippen LogP contribution in [0.4, 0.5) is 0 Å². The number of carbonyl (C=O) groups is 2. The molecule has 2 heterocycles. The number of nitrogens with zero attached hydrogens (tertiary/aromatic N) is 2. The van der Waals surface area contributed by atoms with E-state index in [1.54, 1.807) is 12.0 Å². The van der Waals surface area contributed by atoms with Gasteiger partial charge in [0.2, 0.25) is 11.8 Å². The number of para-hydroxylation sites is 1. The molecule has 0 spiro atoms. The number of likely N-dealkylation sites (tertiary alicyclic amines) is 1. The Hall–Kier alpha value is -3.06. The number of carbonyl (C=O) groups excluding carboxylic acids is 2. The van der Waals surface area contributed by atoms with Crippen molar-refractivity contribution in [2.45, 2.75) is 31.4 Å². The van der Waals surface area contributed by atoms with E-state index in [2.05, 4.69) is 0 Å². The second-order valence-electron chi connectivity index (χ2n) is 8.14. The highest BCUT2D eigenvalue weighted by Gasteiger charge is 2.42. The van der Waals surface area contributed by atoms with Crippen molar-refractivity contribution in [3.63, 3.8) is 0 Å². The normalized spacial score (nSPS) is 20.8. The van der Waals surface area contributed by atoms with Gasteiger partial charge in [-0.05, 0) is 36.2 Å². The van der Waals surface area contributed by atoms with Gasteiger partial charge in [-0.2, -0.15) is 0 Å². The quantitative estimate of drug-likeness (QED) is 0.665. The maximum atomic E-state index is 13.3. The van der Waals surface area contributed by atoms with Crippen LogP contribution in [0.25, 0.3) is 0 Å². The van der Waals surface area contributed by atoms with E-state index in [1.165, 1.54) is 0 Å². The first-order chi connectivity index (χ1) is 15.6. The Bertz CT molecular complexity index is 896. The van der Waals surface area contributed by atoms with E-state index in [-0.39, 0.29) is 17.9 Å². The van der Waals surface area contributed by atoms with Crippen LogP contribution in [-0.4, -0.2) is 73.7 Å². The van der Waals surface area contributed by atoms with Crippen LogP contribution in [-0.2, 0) is 20.7 Å². The number of hydrogen-bond acceptors (Lipinski definition) is 5. The van der Waals surface area contributed by atoms with E-state index in [9.17, 15) is 9.59 Å². The minimum atomic E-state index is -0.495. The summed E-state index contributed by atoms with van der Waals surface area (Å²) >= 11 is 0. The van der Waals surface area contributed by atoms with Gasteiger partial charge in [-0.1, -0.05) is 30.3 Å². The van der Waals surface area contributed by atoms with E-state index in [1.807, 2.05) is 59.5 Å². The van der Waals surface area contributed by atoms with E-state index in [0.29, 0.717) is 52.1 Å². The van der Waals surface area contributed by atoms with Gasteiger partial charge in [-0.25, -0.2) is 0 Å². The van der Waals surface area contributed by atoms with E-state index >= 15 is 0 Å². The predicted octanol–water partition coefficient (Wildman–Crippen LogP) is 2.54.